The van der Waals surface area contributed by atoms with E-state index < -0.39 is 0 Å². The first-order valence-corrected chi connectivity index (χ1v) is 1.34. The van der Waals surface area contributed by atoms with Crippen LogP contribution in [-0.4, -0.2) is 20.5 Å². The molecule has 1 aromatic heterocycles. The summed E-state index contributed by atoms with van der Waals surface area (Å²) < 4.78 is 4.33. The zero-order chi connectivity index (χ0) is 3.54. The zero-order valence-corrected chi connectivity index (χ0v) is 2.59. The van der Waals surface area contributed by atoms with Crippen LogP contribution in [0.1, 0.15) is 0 Å². The summed E-state index contributed by atoms with van der Waals surface area (Å²) in [5.74, 6) is 1.72. The number of hydrogen-bond donors (Lipinski definition) is 0. The van der Waals surface area contributed by atoms with Crippen LogP contribution in [0.5, 0.6) is 0 Å². The number of hydrogen-bond acceptors (Lipinski definition) is 2. The van der Waals surface area contributed by atoms with Crippen LogP contribution in [0, 0.1) is 0 Å². The average molecular weight is 80.7 g/mol. The van der Waals surface area contributed by atoms with E-state index in [0.717, 1.165) is 0 Å². The van der Waals surface area contributed by atoms with E-state index in [-0.39, 0.29) is 8.41 Å². The van der Waals surface area contributed by atoms with Gasteiger partial charge in [-0.25, -0.2) is 0 Å². The Labute approximate surface area is 38.3 Å². The summed E-state index contributed by atoms with van der Waals surface area (Å²) in [5, 5.41) is 3.35. The van der Waals surface area contributed by atoms with Crippen molar-refractivity contribution in [1.82, 2.24) is 5.06 Å². The van der Waals surface area contributed by atoms with Crippen LogP contribution in [-0.2, 0) is 0 Å². The molecule has 0 aromatic carbocycles. The maximum absolute atomic E-state index is 4.33. The van der Waals surface area contributed by atoms with Gasteiger partial charge in [-0.05, 0) is 0 Å². The van der Waals surface area contributed by atoms with E-state index in [0.29, 0.717) is 0 Å². The second-order valence-electron chi connectivity index (χ2n) is 0.688. The number of rotatable bonds is 0. The average Bonchev–Trinajstić information content (AvgIpc) is 1.76. The van der Waals surface area contributed by atoms with Crippen LogP contribution in [0.4, 0.5) is 0 Å². The van der Waals surface area contributed by atoms with Gasteiger partial charge in [-0.3, -0.25) is 0 Å². The van der Waals surface area contributed by atoms with Crippen molar-refractivity contribution in [3.05, 3.63) is 12.2 Å². The van der Waals surface area contributed by atoms with Gasteiger partial charge in [0.2, 0.25) is 0 Å². The second kappa shape index (κ2) is 2.69. The molecule has 0 saturated carbocycles. The predicted octanol–water partition coefficient (Wildman–Crippen LogP) is -1.17. The normalized spacial score (nSPS) is 6.00. The van der Waals surface area contributed by atoms with Crippen molar-refractivity contribution in [3.63, 3.8) is 0 Å². The Balaban J connectivity index is 0.000000250. The third kappa shape index (κ3) is 1.06. The Morgan fingerprint density at radius 2 is 2.50 bits per heavy atom. The quantitative estimate of drug-likeness (QED) is 0.367. The van der Waals surface area contributed by atoms with Gasteiger partial charge in [0.15, 0.2) is 0 Å². The molecule has 2 nitrogen and oxygen atoms in total. The summed E-state index contributed by atoms with van der Waals surface area (Å²) >= 11 is 0. The van der Waals surface area contributed by atoms with Gasteiger partial charge in [0.05, 0.1) is 8.41 Å². The van der Waals surface area contributed by atoms with Gasteiger partial charge in [-0.2, -0.15) is 0 Å². The first-order valence-electron chi connectivity index (χ1n) is 1.34. The molecule has 0 aliphatic carbocycles. The molecule has 0 bridgehead atoms. The second-order valence-corrected chi connectivity index (χ2v) is 0.688. The van der Waals surface area contributed by atoms with Gasteiger partial charge < -0.3 is 0 Å². The summed E-state index contributed by atoms with van der Waals surface area (Å²) in [6, 6.07) is 0. The Morgan fingerprint density at radius 3 is 2.67 bits per heavy atom. The molecule has 0 saturated heterocycles. The zero-order valence-electron chi connectivity index (χ0n) is 2.59. The Kier molecular flexibility index (Phi) is 2.46. The first kappa shape index (κ1) is 5.47. The van der Waals surface area contributed by atoms with Crippen molar-refractivity contribution in [2.75, 3.05) is 0 Å². The molecule has 1 rings (SSSR count). The monoisotopic (exact) mass is 81.1 g/mol. The Hall–Kier alpha value is -0.530. The molecule has 6 heavy (non-hydrogen) atoms. The molecule has 0 fully saturated rings. The van der Waals surface area contributed by atoms with Crippen LogP contribution in [0.15, 0.2) is 16.7 Å². The maximum atomic E-state index is 4.33. The molecule has 4 heteroatoms. The van der Waals surface area contributed by atoms with E-state index in [4.69, 9.17) is 0 Å². The van der Waals surface area contributed by atoms with Gasteiger partial charge in [0.25, 0.3) is 0 Å². The van der Waals surface area contributed by atoms with Crippen LogP contribution in [0.25, 0.3) is 0 Å². The van der Waals surface area contributed by atoms with Gasteiger partial charge in [-0.15, -0.1) is 0 Å². The minimum atomic E-state index is 0. The van der Waals surface area contributed by atoms with Crippen LogP contribution in [0.2, 0.25) is 0 Å². The number of aromatic nitrogens is 1. The van der Waals surface area contributed by atoms with Crippen molar-refractivity contribution in [3.8, 4) is 0 Å². The van der Waals surface area contributed by atoms with Crippen molar-refractivity contribution in [2.24, 2.45) is 0 Å². The van der Waals surface area contributed by atoms with E-state index in [1.165, 1.54) is 6.26 Å². The van der Waals surface area contributed by atoms with Gasteiger partial charge in [0.1, 0.15) is 0 Å². The SMILES string of the molecule is B.b1ccon1. The molecule has 0 unspecified atom stereocenters. The minimum absolute atomic E-state index is 0. The molecular formula is C2H5B2NO. The summed E-state index contributed by atoms with van der Waals surface area (Å²) in [4.78, 5) is 0. The number of nitrogens with zero attached hydrogens (tertiary/aromatic N) is 1. The van der Waals surface area contributed by atoms with Gasteiger partial charge in [0, 0.05) is 0 Å². The molecule has 0 aliphatic heterocycles. The Bertz CT molecular complexity index is 68.0. The molecule has 1 aromatic rings. The summed E-state index contributed by atoms with van der Waals surface area (Å²) in [5.41, 5.74) is 0. The van der Waals surface area contributed by atoms with E-state index in [2.05, 4.69) is 9.59 Å². The fraction of sp³-hybridized carbons (Fsp3) is 0. The van der Waals surface area contributed by atoms with Crippen LogP contribution < -0.4 is 0 Å². The standard InChI is InChI=1S/C2H2BNO.BH3/c1-2-5-4-3-1;/h1-2H;1H3. The van der Waals surface area contributed by atoms with E-state index in [1.54, 1.807) is 13.0 Å². The van der Waals surface area contributed by atoms with Crippen LogP contribution >= 0.6 is 0 Å². The third-order valence-corrected chi connectivity index (χ3v) is 0.347. The van der Waals surface area contributed by atoms with E-state index in [9.17, 15) is 0 Å². The molecule has 0 amide bonds. The molecule has 0 aliphatic rings. The van der Waals surface area contributed by atoms with Crippen LogP contribution in [0.3, 0.4) is 0 Å². The molecule has 0 atom stereocenters. The van der Waals surface area contributed by atoms with E-state index >= 15 is 0 Å². The van der Waals surface area contributed by atoms with Crippen molar-refractivity contribution < 1.29 is 4.52 Å². The predicted molar refractivity (Wildman–Crippen MR) is 27.8 cm³/mol. The van der Waals surface area contributed by atoms with Crippen molar-refractivity contribution in [2.45, 2.75) is 0 Å². The van der Waals surface area contributed by atoms with Crippen molar-refractivity contribution in [1.29, 1.82) is 0 Å². The van der Waals surface area contributed by atoms with Gasteiger partial charge in [-0.1, -0.05) is 0 Å². The first-order chi connectivity index (χ1) is 2.50. The third-order valence-electron chi connectivity index (χ3n) is 0.347. The molecular weight excluding hydrogens is 75.7 g/mol. The van der Waals surface area contributed by atoms with E-state index in [1.807, 2.05) is 0 Å². The molecule has 0 radical (unpaired) electrons. The molecule has 0 N–H and O–H groups in total. The fourth-order valence-corrected chi connectivity index (χ4v) is 0.176. The van der Waals surface area contributed by atoms with Crippen molar-refractivity contribution >= 4 is 15.5 Å². The van der Waals surface area contributed by atoms with Gasteiger partial charge >= 0.3 is 28.9 Å². The fourth-order valence-electron chi connectivity index (χ4n) is 0.176. The topological polar surface area (TPSA) is 26.0 Å². The Morgan fingerprint density at radius 1 is 1.67 bits per heavy atom. The summed E-state index contributed by atoms with van der Waals surface area (Å²) in [7, 11) is 1.58. The summed E-state index contributed by atoms with van der Waals surface area (Å²) in [6.07, 6.45) is 1.51. The molecule has 1 heterocycles. The molecule has 30 valence electrons. The molecule has 0 spiro atoms. The summed E-state index contributed by atoms with van der Waals surface area (Å²) in [6.45, 7) is 0.